The average molecular weight is 257 g/mol. The van der Waals surface area contributed by atoms with Crippen molar-refractivity contribution in [3.05, 3.63) is 52.0 Å². The smallest absolute Gasteiger partial charge is 0.259 e. The molecule has 2 aromatic rings. The minimum absolute atomic E-state index is 0.116. The van der Waals surface area contributed by atoms with Crippen LogP contribution in [0.15, 0.2) is 22.6 Å². The maximum atomic E-state index is 12.3. The average Bonchev–Trinajstić information content (AvgIpc) is 2.58. The van der Waals surface area contributed by atoms with Crippen molar-refractivity contribution in [2.45, 2.75) is 34.6 Å². The first-order valence-electron chi connectivity index (χ1n) is 6.35. The van der Waals surface area contributed by atoms with Gasteiger partial charge < -0.3 is 9.73 Å². The van der Waals surface area contributed by atoms with Crippen molar-refractivity contribution < 1.29 is 9.21 Å². The van der Waals surface area contributed by atoms with E-state index in [0.29, 0.717) is 11.3 Å². The Bertz CT molecular complexity index is 638. The van der Waals surface area contributed by atoms with Gasteiger partial charge >= 0.3 is 0 Å². The number of amides is 1. The summed E-state index contributed by atoms with van der Waals surface area (Å²) in [6, 6.07) is 5.90. The van der Waals surface area contributed by atoms with Crippen LogP contribution in [0.25, 0.3) is 0 Å². The lowest BCUT2D eigenvalue weighted by Crippen LogP contribution is -2.13. The van der Waals surface area contributed by atoms with E-state index in [1.807, 2.05) is 45.9 Å². The lowest BCUT2D eigenvalue weighted by atomic mass is 10.1. The summed E-state index contributed by atoms with van der Waals surface area (Å²) in [7, 11) is 0. The summed E-state index contributed by atoms with van der Waals surface area (Å²) in [6.07, 6.45) is 0. The molecule has 0 aliphatic heterocycles. The zero-order chi connectivity index (χ0) is 14.2. The highest BCUT2D eigenvalue weighted by Gasteiger charge is 2.18. The topological polar surface area (TPSA) is 42.2 Å². The molecule has 0 saturated heterocycles. The van der Waals surface area contributed by atoms with Gasteiger partial charge in [0.15, 0.2) is 0 Å². The van der Waals surface area contributed by atoms with Crippen LogP contribution in [0.2, 0.25) is 0 Å². The monoisotopic (exact) mass is 257 g/mol. The summed E-state index contributed by atoms with van der Waals surface area (Å²) in [5, 5.41) is 2.92. The molecule has 19 heavy (non-hydrogen) atoms. The van der Waals surface area contributed by atoms with Crippen LogP contribution >= 0.6 is 0 Å². The Labute approximate surface area is 113 Å². The van der Waals surface area contributed by atoms with Crippen molar-refractivity contribution in [3.8, 4) is 0 Å². The molecule has 0 fully saturated rings. The lowest BCUT2D eigenvalue weighted by Gasteiger charge is -2.07. The van der Waals surface area contributed by atoms with E-state index in [0.717, 1.165) is 22.6 Å². The zero-order valence-electron chi connectivity index (χ0n) is 12.0. The van der Waals surface area contributed by atoms with E-state index < -0.39 is 0 Å². The van der Waals surface area contributed by atoms with Crippen LogP contribution in [-0.2, 0) is 0 Å². The Balaban J connectivity index is 2.28. The highest BCUT2D eigenvalue weighted by atomic mass is 16.3. The van der Waals surface area contributed by atoms with Gasteiger partial charge in [0.2, 0.25) is 0 Å². The number of anilines is 1. The predicted octanol–water partition coefficient (Wildman–Crippen LogP) is 4.07. The Morgan fingerprint density at radius 2 is 1.68 bits per heavy atom. The molecule has 0 unspecified atom stereocenters. The van der Waals surface area contributed by atoms with E-state index in [1.54, 1.807) is 0 Å². The van der Waals surface area contributed by atoms with Gasteiger partial charge in [-0.3, -0.25) is 4.79 Å². The quantitative estimate of drug-likeness (QED) is 0.881. The second-order valence-electron chi connectivity index (χ2n) is 4.97. The van der Waals surface area contributed by atoms with Crippen LogP contribution in [0.4, 0.5) is 5.69 Å². The molecule has 0 aliphatic rings. The molecule has 1 aromatic heterocycles. The molecule has 1 aromatic carbocycles. The molecule has 0 aliphatic carbocycles. The molecule has 1 N–H and O–H groups in total. The number of carbonyl (C=O) groups excluding carboxylic acids is 1. The number of carbonyl (C=O) groups is 1. The molecule has 0 bridgehead atoms. The van der Waals surface area contributed by atoms with Gasteiger partial charge in [-0.2, -0.15) is 0 Å². The fourth-order valence-corrected chi connectivity index (χ4v) is 2.14. The molecular weight excluding hydrogens is 238 g/mol. The summed E-state index contributed by atoms with van der Waals surface area (Å²) in [5.74, 6) is 1.34. The Kier molecular flexibility index (Phi) is 3.47. The first kappa shape index (κ1) is 13.4. The summed E-state index contributed by atoms with van der Waals surface area (Å²) in [5.41, 5.74) is 4.72. The maximum Gasteiger partial charge on any atom is 0.259 e. The second-order valence-corrected chi connectivity index (χ2v) is 4.97. The third-order valence-electron chi connectivity index (χ3n) is 3.55. The zero-order valence-corrected chi connectivity index (χ0v) is 12.0. The summed E-state index contributed by atoms with van der Waals surface area (Å²) >= 11 is 0. The first-order chi connectivity index (χ1) is 8.90. The van der Waals surface area contributed by atoms with Gasteiger partial charge in [0.1, 0.15) is 11.5 Å². The fraction of sp³-hybridized carbons (Fsp3) is 0.312. The first-order valence-corrected chi connectivity index (χ1v) is 6.35. The number of aryl methyl sites for hydroxylation is 4. The number of furan rings is 1. The van der Waals surface area contributed by atoms with Crippen LogP contribution in [0.1, 0.15) is 38.6 Å². The molecule has 0 atom stereocenters. The van der Waals surface area contributed by atoms with Gasteiger partial charge in [0.25, 0.3) is 5.91 Å². The van der Waals surface area contributed by atoms with E-state index in [1.165, 1.54) is 5.56 Å². The maximum absolute atomic E-state index is 12.3. The van der Waals surface area contributed by atoms with Gasteiger partial charge in [-0.05, 0) is 57.9 Å². The van der Waals surface area contributed by atoms with Gasteiger partial charge in [-0.1, -0.05) is 6.07 Å². The van der Waals surface area contributed by atoms with Crippen LogP contribution in [-0.4, -0.2) is 5.91 Å². The van der Waals surface area contributed by atoms with E-state index >= 15 is 0 Å². The van der Waals surface area contributed by atoms with Crippen LogP contribution in [0.3, 0.4) is 0 Å². The van der Waals surface area contributed by atoms with E-state index in [4.69, 9.17) is 4.42 Å². The number of rotatable bonds is 2. The van der Waals surface area contributed by atoms with E-state index in [2.05, 4.69) is 12.2 Å². The summed E-state index contributed by atoms with van der Waals surface area (Å²) in [4.78, 5) is 12.3. The third-order valence-corrected chi connectivity index (χ3v) is 3.55. The number of hydrogen-bond donors (Lipinski definition) is 1. The van der Waals surface area contributed by atoms with Gasteiger partial charge in [-0.25, -0.2) is 0 Å². The molecule has 3 nitrogen and oxygen atoms in total. The Morgan fingerprint density at radius 3 is 2.21 bits per heavy atom. The molecule has 2 rings (SSSR count). The molecule has 1 heterocycles. The number of nitrogens with one attached hydrogen (secondary N) is 1. The number of hydrogen-bond acceptors (Lipinski definition) is 2. The second kappa shape index (κ2) is 4.92. The summed E-state index contributed by atoms with van der Waals surface area (Å²) < 4.78 is 5.49. The van der Waals surface area contributed by atoms with E-state index in [-0.39, 0.29) is 5.91 Å². The van der Waals surface area contributed by atoms with Crippen LogP contribution in [0, 0.1) is 34.6 Å². The SMILES string of the molecule is Cc1ccc(NC(=O)c2c(C)oc(C)c2C)cc1C. The van der Waals surface area contributed by atoms with E-state index in [9.17, 15) is 4.79 Å². The van der Waals surface area contributed by atoms with Crippen molar-refractivity contribution >= 4 is 11.6 Å². The van der Waals surface area contributed by atoms with Gasteiger partial charge in [0, 0.05) is 11.3 Å². The molecule has 0 saturated carbocycles. The molecule has 3 heteroatoms. The highest BCUT2D eigenvalue weighted by Crippen LogP contribution is 2.22. The fourth-order valence-electron chi connectivity index (χ4n) is 2.14. The van der Waals surface area contributed by atoms with Crippen molar-refractivity contribution in [2.75, 3.05) is 5.32 Å². The third kappa shape index (κ3) is 2.55. The Morgan fingerprint density at radius 1 is 1.00 bits per heavy atom. The number of benzene rings is 1. The normalized spacial score (nSPS) is 10.6. The highest BCUT2D eigenvalue weighted by molar-refractivity contribution is 6.06. The molecule has 100 valence electrons. The van der Waals surface area contributed by atoms with Crippen LogP contribution in [0.5, 0.6) is 0 Å². The lowest BCUT2D eigenvalue weighted by molar-refractivity contribution is 0.102. The molecular formula is C16H19NO2. The Hall–Kier alpha value is -2.03. The van der Waals surface area contributed by atoms with Crippen LogP contribution < -0.4 is 5.32 Å². The van der Waals surface area contributed by atoms with Crippen molar-refractivity contribution in [1.82, 2.24) is 0 Å². The molecule has 0 spiro atoms. The molecule has 0 radical (unpaired) electrons. The van der Waals surface area contributed by atoms with Crippen molar-refractivity contribution in [3.63, 3.8) is 0 Å². The molecule has 1 amide bonds. The van der Waals surface area contributed by atoms with Gasteiger partial charge in [0.05, 0.1) is 5.56 Å². The predicted molar refractivity (Wildman–Crippen MR) is 76.8 cm³/mol. The summed E-state index contributed by atoms with van der Waals surface area (Å²) in [6.45, 7) is 9.67. The van der Waals surface area contributed by atoms with Crippen molar-refractivity contribution in [1.29, 1.82) is 0 Å². The minimum Gasteiger partial charge on any atom is -0.466 e. The largest absolute Gasteiger partial charge is 0.466 e. The van der Waals surface area contributed by atoms with Crippen molar-refractivity contribution in [2.24, 2.45) is 0 Å². The van der Waals surface area contributed by atoms with Gasteiger partial charge in [-0.15, -0.1) is 0 Å². The minimum atomic E-state index is -0.116. The standard InChI is InChI=1S/C16H19NO2/c1-9-6-7-14(8-10(9)2)17-16(18)15-11(3)12(4)19-13(15)5/h6-8H,1-5H3,(H,17,18).